The van der Waals surface area contributed by atoms with Crippen molar-refractivity contribution in [2.75, 3.05) is 26.7 Å². The molecule has 1 saturated heterocycles. The monoisotopic (exact) mass is 221 g/mol. The molecule has 14 heavy (non-hydrogen) atoms. The molecule has 2 N–H and O–H groups in total. The van der Waals surface area contributed by atoms with Crippen LogP contribution < -0.4 is 5.73 Å². The Hall–Kier alpha value is -0.170. The van der Waals surface area contributed by atoms with Crippen LogP contribution in [0.1, 0.15) is 19.8 Å². The van der Waals surface area contributed by atoms with E-state index in [-0.39, 0.29) is 6.04 Å². The van der Waals surface area contributed by atoms with E-state index in [1.54, 1.807) is 7.05 Å². The first-order chi connectivity index (χ1) is 6.54. The lowest BCUT2D eigenvalue weighted by molar-refractivity contribution is 0.351. The van der Waals surface area contributed by atoms with Gasteiger partial charge in [0, 0.05) is 32.7 Å². The van der Waals surface area contributed by atoms with Gasteiger partial charge in [0.1, 0.15) is 0 Å². The van der Waals surface area contributed by atoms with Crippen LogP contribution >= 0.6 is 0 Å². The fourth-order valence-corrected chi connectivity index (χ4v) is 3.30. The van der Waals surface area contributed by atoms with E-state index in [1.807, 2.05) is 6.92 Å². The van der Waals surface area contributed by atoms with E-state index in [0.717, 1.165) is 12.8 Å². The van der Waals surface area contributed by atoms with Crippen LogP contribution in [0.4, 0.5) is 0 Å². The largest absolute Gasteiger partial charge is 0.329 e. The minimum atomic E-state index is -3.26. The molecule has 6 heteroatoms. The second-order valence-corrected chi connectivity index (χ2v) is 5.55. The van der Waals surface area contributed by atoms with E-state index in [0.29, 0.717) is 19.6 Å². The molecule has 1 atom stereocenters. The lowest BCUT2D eigenvalue weighted by Gasteiger charge is -2.27. The predicted octanol–water partition coefficient (Wildman–Crippen LogP) is -0.394. The van der Waals surface area contributed by atoms with Gasteiger partial charge >= 0.3 is 0 Å². The normalized spacial score (nSPS) is 24.7. The molecule has 0 radical (unpaired) electrons. The maximum absolute atomic E-state index is 11.9. The van der Waals surface area contributed by atoms with Crippen molar-refractivity contribution in [1.82, 2.24) is 8.61 Å². The SMILES string of the molecule is CCN(C)S(=O)(=O)N1CCCC1CN. The predicted molar refractivity (Wildman–Crippen MR) is 56.0 cm³/mol. The van der Waals surface area contributed by atoms with Crippen LogP contribution in [0.5, 0.6) is 0 Å². The summed E-state index contributed by atoms with van der Waals surface area (Å²) in [5.74, 6) is 0. The van der Waals surface area contributed by atoms with E-state index in [4.69, 9.17) is 5.73 Å². The van der Waals surface area contributed by atoms with E-state index in [1.165, 1.54) is 8.61 Å². The molecular formula is C8H19N3O2S. The maximum Gasteiger partial charge on any atom is 0.282 e. The molecule has 1 rings (SSSR count). The highest BCUT2D eigenvalue weighted by atomic mass is 32.2. The Morgan fingerprint density at radius 3 is 2.71 bits per heavy atom. The Kier molecular flexibility index (Phi) is 3.88. The van der Waals surface area contributed by atoms with Gasteiger partial charge in [0.25, 0.3) is 10.2 Å². The summed E-state index contributed by atoms with van der Waals surface area (Å²) in [4.78, 5) is 0. The first kappa shape index (κ1) is 11.9. The fraction of sp³-hybridized carbons (Fsp3) is 1.00. The minimum absolute atomic E-state index is 0.00556. The number of nitrogens with two attached hydrogens (primary N) is 1. The van der Waals surface area contributed by atoms with Gasteiger partial charge in [-0.3, -0.25) is 0 Å². The molecule has 0 bridgehead atoms. The van der Waals surface area contributed by atoms with Crippen molar-refractivity contribution in [2.24, 2.45) is 5.73 Å². The molecule has 1 heterocycles. The first-order valence-electron chi connectivity index (χ1n) is 4.97. The number of nitrogens with zero attached hydrogens (tertiary/aromatic N) is 2. The van der Waals surface area contributed by atoms with Gasteiger partial charge in [-0.25, -0.2) is 0 Å². The summed E-state index contributed by atoms with van der Waals surface area (Å²) >= 11 is 0. The van der Waals surface area contributed by atoms with Crippen molar-refractivity contribution in [3.05, 3.63) is 0 Å². The Bertz CT molecular complexity index is 278. The van der Waals surface area contributed by atoms with Crippen LogP contribution in [0.25, 0.3) is 0 Å². The highest BCUT2D eigenvalue weighted by Crippen LogP contribution is 2.21. The van der Waals surface area contributed by atoms with Gasteiger partial charge < -0.3 is 5.73 Å². The second kappa shape index (κ2) is 4.57. The van der Waals surface area contributed by atoms with E-state index < -0.39 is 10.2 Å². The van der Waals surface area contributed by atoms with Gasteiger partial charge in [-0.15, -0.1) is 0 Å². The molecule has 0 aliphatic carbocycles. The minimum Gasteiger partial charge on any atom is -0.329 e. The molecule has 0 amide bonds. The molecule has 0 saturated carbocycles. The van der Waals surface area contributed by atoms with Gasteiger partial charge in [-0.1, -0.05) is 6.92 Å². The van der Waals surface area contributed by atoms with Gasteiger partial charge in [-0.2, -0.15) is 17.0 Å². The van der Waals surface area contributed by atoms with Gasteiger partial charge in [-0.05, 0) is 12.8 Å². The van der Waals surface area contributed by atoms with Crippen LogP contribution in [0.15, 0.2) is 0 Å². The summed E-state index contributed by atoms with van der Waals surface area (Å²) in [6.45, 7) is 3.34. The van der Waals surface area contributed by atoms with Crippen LogP contribution in [0, 0.1) is 0 Å². The van der Waals surface area contributed by atoms with Crippen molar-refractivity contribution >= 4 is 10.2 Å². The van der Waals surface area contributed by atoms with E-state index in [9.17, 15) is 8.42 Å². The van der Waals surface area contributed by atoms with Crippen LogP contribution in [0.2, 0.25) is 0 Å². The molecule has 0 aromatic heterocycles. The van der Waals surface area contributed by atoms with Gasteiger partial charge in [0.05, 0.1) is 0 Å². The third-order valence-corrected chi connectivity index (χ3v) is 4.85. The molecule has 0 aromatic carbocycles. The first-order valence-corrected chi connectivity index (χ1v) is 6.37. The van der Waals surface area contributed by atoms with Crippen molar-refractivity contribution < 1.29 is 8.42 Å². The number of rotatable bonds is 4. The molecule has 1 unspecified atom stereocenters. The smallest absolute Gasteiger partial charge is 0.282 e. The van der Waals surface area contributed by atoms with Crippen molar-refractivity contribution in [1.29, 1.82) is 0 Å². The van der Waals surface area contributed by atoms with E-state index in [2.05, 4.69) is 0 Å². The zero-order valence-electron chi connectivity index (χ0n) is 8.81. The standard InChI is InChI=1S/C8H19N3O2S/c1-3-10(2)14(12,13)11-6-4-5-8(11)7-9/h8H,3-7,9H2,1-2H3. The van der Waals surface area contributed by atoms with Crippen molar-refractivity contribution in [2.45, 2.75) is 25.8 Å². The summed E-state index contributed by atoms with van der Waals surface area (Å²) in [5, 5.41) is 0. The van der Waals surface area contributed by atoms with Crippen LogP contribution in [0.3, 0.4) is 0 Å². The quantitative estimate of drug-likeness (QED) is 0.703. The second-order valence-electron chi connectivity index (χ2n) is 3.56. The molecular weight excluding hydrogens is 202 g/mol. The number of hydrogen-bond donors (Lipinski definition) is 1. The molecule has 84 valence electrons. The van der Waals surface area contributed by atoms with Gasteiger partial charge in [0.2, 0.25) is 0 Å². The Labute approximate surface area is 86.0 Å². The molecule has 1 aliphatic heterocycles. The highest BCUT2D eigenvalue weighted by Gasteiger charge is 2.35. The maximum atomic E-state index is 11.9. The topological polar surface area (TPSA) is 66.6 Å². The summed E-state index contributed by atoms with van der Waals surface area (Å²) in [6, 6.07) is -0.00556. The van der Waals surface area contributed by atoms with Crippen molar-refractivity contribution in [3.8, 4) is 0 Å². The third-order valence-electron chi connectivity index (χ3n) is 2.73. The van der Waals surface area contributed by atoms with Crippen LogP contribution in [-0.2, 0) is 10.2 Å². The fourth-order valence-electron chi connectivity index (χ4n) is 1.69. The Morgan fingerprint density at radius 2 is 2.21 bits per heavy atom. The molecule has 0 aromatic rings. The summed E-state index contributed by atoms with van der Waals surface area (Å²) in [7, 11) is -1.66. The molecule has 1 fully saturated rings. The summed E-state index contributed by atoms with van der Waals surface area (Å²) < 4.78 is 26.7. The Morgan fingerprint density at radius 1 is 1.57 bits per heavy atom. The zero-order chi connectivity index (χ0) is 10.8. The highest BCUT2D eigenvalue weighted by molar-refractivity contribution is 7.86. The summed E-state index contributed by atoms with van der Waals surface area (Å²) in [5.41, 5.74) is 5.54. The average Bonchev–Trinajstić information content (AvgIpc) is 2.64. The van der Waals surface area contributed by atoms with Crippen LogP contribution in [-0.4, -0.2) is 49.8 Å². The molecule has 0 spiro atoms. The van der Waals surface area contributed by atoms with E-state index >= 15 is 0 Å². The Balaban J connectivity index is 2.81. The molecule has 1 aliphatic rings. The lowest BCUT2D eigenvalue weighted by atomic mass is 10.2. The lowest BCUT2D eigenvalue weighted by Crippen LogP contribution is -2.46. The average molecular weight is 221 g/mol. The summed E-state index contributed by atoms with van der Waals surface area (Å²) in [6.07, 6.45) is 1.80. The van der Waals surface area contributed by atoms with Crippen molar-refractivity contribution in [3.63, 3.8) is 0 Å². The number of hydrogen-bond acceptors (Lipinski definition) is 3. The van der Waals surface area contributed by atoms with Gasteiger partial charge in [0.15, 0.2) is 0 Å². The zero-order valence-corrected chi connectivity index (χ0v) is 9.63. The third kappa shape index (κ3) is 2.08. The molecule has 5 nitrogen and oxygen atoms in total.